The lowest BCUT2D eigenvalue weighted by atomic mass is 9.70. The van der Waals surface area contributed by atoms with Crippen LogP contribution < -0.4 is 14.4 Å². The normalized spacial score (nSPS) is 14.7. The van der Waals surface area contributed by atoms with Crippen molar-refractivity contribution in [1.29, 1.82) is 0 Å². The van der Waals surface area contributed by atoms with Gasteiger partial charge in [0.25, 0.3) is 0 Å². The van der Waals surface area contributed by atoms with E-state index in [1.54, 1.807) is 0 Å². The maximum absolute atomic E-state index is 7.14. The lowest BCUT2D eigenvalue weighted by Crippen LogP contribution is -2.26. The third-order valence-electron chi connectivity index (χ3n) is 12.8. The predicted octanol–water partition coefficient (Wildman–Crippen LogP) is 14.9. The van der Waals surface area contributed by atoms with Gasteiger partial charge in [0.1, 0.15) is 11.2 Å². The van der Waals surface area contributed by atoms with E-state index in [1.807, 2.05) is 18.2 Å². The monoisotopic (exact) mass is 757 g/mol. The van der Waals surface area contributed by atoms with Crippen LogP contribution in [0.1, 0.15) is 35.1 Å². The molecule has 4 heteroatoms. The van der Waals surface area contributed by atoms with Crippen LogP contribution in [-0.2, 0) is 5.41 Å². The lowest BCUT2D eigenvalue weighted by Gasteiger charge is -2.33. The van der Waals surface area contributed by atoms with Crippen molar-refractivity contribution in [2.75, 3.05) is 4.90 Å². The van der Waals surface area contributed by atoms with Crippen LogP contribution in [0, 0.1) is 0 Å². The van der Waals surface area contributed by atoms with Crippen LogP contribution in [0.4, 0.5) is 11.4 Å². The SMILES string of the molecule is C1=CC(N(c2ccc(-c3cccc4c3oc3ccccc34)cc2)c2cccc3c2Oc2cc4c(cc2O3)-c2ccccc2C42c3ccccc3-c3ccccc32)=CCC1. The molecule has 4 aliphatic rings. The zero-order chi connectivity index (χ0) is 38.7. The number of fused-ring (bicyclic) bond motifs is 15. The highest BCUT2D eigenvalue weighted by atomic mass is 16.6. The Morgan fingerprint density at radius 2 is 1.12 bits per heavy atom. The van der Waals surface area contributed by atoms with Gasteiger partial charge in [-0.05, 0) is 111 Å². The van der Waals surface area contributed by atoms with Crippen LogP contribution >= 0.6 is 0 Å². The second-order valence-corrected chi connectivity index (χ2v) is 15.8. The molecule has 0 saturated heterocycles. The van der Waals surface area contributed by atoms with Crippen LogP contribution in [0.3, 0.4) is 0 Å². The number of benzene rings is 8. The number of nitrogens with zero attached hydrogens (tertiary/aromatic N) is 1. The van der Waals surface area contributed by atoms with E-state index >= 15 is 0 Å². The lowest BCUT2D eigenvalue weighted by molar-refractivity contribution is 0.360. The van der Waals surface area contributed by atoms with Gasteiger partial charge in [0, 0.05) is 27.7 Å². The molecule has 0 saturated carbocycles. The Balaban J connectivity index is 0.944. The van der Waals surface area contributed by atoms with E-state index in [0.29, 0.717) is 23.0 Å². The first-order valence-electron chi connectivity index (χ1n) is 20.4. The fraction of sp³-hybridized carbons (Fsp3) is 0.0545. The molecule has 4 nitrogen and oxygen atoms in total. The number of furan rings is 1. The summed E-state index contributed by atoms with van der Waals surface area (Å²) >= 11 is 0. The molecule has 0 N–H and O–H groups in total. The molecule has 0 fully saturated rings. The van der Waals surface area contributed by atoms with Gasteiger partial charge < -0.3 is 18.8 Å². The van der Waals surface area contributed by atoms with Crippen LogP contribution in [0.25, 0.3) is 55.3 Å². The van der Waals surface area contributed by atoms with Crippen molar-refractivity contribution < 1.29 is 13.9 Å². The molecule has 1 aromatic heterocycles. The van der Waals surface area contributed by atoms with Gasteiger partial charge in [-0.25, -0.2) is 0 Å². The molecular formula is C55H35NO3. The Kier molecular flexibility index (Phi) is 6.74. The Hall–Kier alpha value is -7.56. The molecule has 3 aliphatic carbocycles. The zero-order valence-electron chi connectivity index (χ0n) is 32.0. The average molecular weight is 758 g/mol. The number of allylic oxidation sites excluding steroid dienone is 3. The van der Waals surface area contributed by atoms with Crippen LogP contribution in [0.2, 0.25) is 0 Å². The molecule has 1 spiro atoms. The molecule has 0 unspecified atom stereocenters. The highest BCUT2D eigenvalue weighted by Gasteiger charge is 2.52. The summed E-state index contributed by atoms with van der Waals surface area (Å²) < 4.78 is 20.4. The van der Waals surface area contributed by atoms with E-state index in [9.17, 15) is 0 Å². The van der Waals surface area contributed by atoms with E-state index in [-0.39, 0.29) is 0 Å². The minimum atomic E-state index is -0.477. The third-order valence-corrected chi connectivity index (χ3v) is 12.8. The maximum Gasteiger partial charge on any atom is 0.194 e. The highest BCUT2D eigenvalue weighted by molar-refractivity contribution is 6.09. The predicted molar refractivity (Wildman–Crippen MR) is 237 cm³/mol. The Morgan fingerprint density at radius 1 is 0.475 bits per heavy atom. The quantitative estimate of drug-likeness (QED) is 0.179. The summed E-state index contributed by atoms with van der Waals surface area (Å²) in [4.78, 5) is 2.29. The highest BCUT2D eigenvalue weighted by Crippen LogP contribution is 2.65. The number of hydrogen-bond acceptors (Lipinski definition) is 4. The van der Waals surface area contributed by atoms with Gasteiger partial charge in [-0.1, -0.05) is 140 Å². The van der Waals surface area contributed by atoms with Crippen molar-refractivity contribution in [2.24, 2.45) is 0 Å². The molecule has 0 amide bonds. The maximum atomic E-state index is 7.14. The van der Waals surface area contributed by atoms with Gasteiger partial charge >= 0.3 is 0 Å². The van der Waals surface area contributed by atoms with E-state index in [1.165, 1.54) is 44.5 Å². The number of ether oxygens (including phenoxy) is 2. The van der Waals surface area contributed by atoms with Crippen molar-refractivity contribution >= 4 is 33.3 Å². The van der Waals surface area contributed by atoms with Gasteiger partial charge in [-0.3, -0.25) is 0 Å². The minimum absolute atomic E-state index is 0.477. The van der Waals surface area contributed by atoms with E-state index in [2.05, 4.69) is 175 Å². The van der Waals surface area contributed by atoms with E-state index in [0.717, 1.165) is 63.0 Å². The third kappa shape index (κ3) is 4.49. The molecule has 0 radical (unpaired) electrons. The van der Waals surface area contributed by atoms with E-state index < -0.39 is 5.41 Å². The molecule has 1 aliphatic heterocycles. The summed E-state index contributed by atoms with van der Waals surface area (Å²) in [5.74, 6) is 2.80. The van der Waals surface area contributed by atoms with Gasteiger partial charge in [0.05, 0.1) is 11.1 Å². The first-order chi connectivity index (χ1) is 29.3. The minimum Gasteiger partial charge on any atom is -0.455 e. The largest absolute Gasteiger partial charge is 0.455 e. The summed E-state index contributed by atoms with van der Waals surface area (Å²) in [6, 6.07) is 60.7. The van der Waals surface area contributed by atoms with Crippen molar-refractivity contribution in [3.8, 4) is 56.4 Å². The molecular weight excluding hydrogens is 723 g/mol. The number of para-hydroxylation sites is 3. The molecule has 59 heavy (non-hydrogen) atoms. The van der Waals surface area contributed by atoms with Crippen molar-refractivity contribution in [1.82, 2.24) is 0 Å². The summed E-state index contributed by atoms with van der Waals surface area (Å²) in [7, 11) is 0. The van der Waals surface area contributed by atoms with Gasteiger partial charge in [-0.15, -0.1) is 0 Å². The molecule has 9 aromatic rings. The van der Waals surface area contributed by atoms with Gasteiger partial charge in [-0.2, -0.15) is 0 Å². The van der Waals surface area contributed by atoms with Crippen LogP contribution in [0.5, 0.6) is 23.0 Å². The summed E-state index contributed by atoms with van der Waals surface area (Å²) in [6.07, 6.45) is 8.74. The first kappa shape index (κ1) is 32.5. The van der Waals surface area contributed by atoms with Crippen molar-refractivity contribution in [3.05, 3.63) is 216 Å². The zero-order valence-corrected chi connectivity index (χ0v) is 32.0. The number of rotatable bonds is 4. The first-order valence-corrected chi connectivity index (χ1v) is 20.4. The molecule has 8 aromatic carbocycles. The van der Waals surface area contributed by atoms with Crippen LogP contribution in [0.15, 0.2) is 198 Å². The molecule has 2 heterocycles. The fourth-order valence-electron chi connectivity index (χ4n) is 10.3. The molecule has 278 valence electrons. The standard InChI is InChI=1S/C55H35NO3/c1-2-14-35(15-3-1)56(36-30-28-34(29-31-36)37-20-12-21-42-41-19-7-11-26-49(41)58-53(37)42)48-25-13-27-50-54(48)59-52-33-47-43(32-51(52)57-50)40-18-6-10-24-46(40)55(47)44-22-8-4-16-38(44)39-17-5-9-23-45(39)55/h2,4-33H,1,3H2. The van der Waals surface area contributed by atoms with Gasteiger partial charge in [0.2, 0.25) is 0 Å². The van der Waals surface area contributed by atoms with Crippen molar-refractivity contribution in [3.63, 3.8) is 0 Å². The van der Waals surface area contributed by atoms with Crippen LogP contribution in [-0.4, -0.2) is 0 Å². The number of anilines is 2. The summed E-state index contributed by atoms with van der Waals surface area (Å²) in [6.45, 7) is 0. The second-order valence-electron chi connectivity index (χ2n) is 15.8. The Labute approximate surface area is 341 Å². The summed E-state index contributed by atoms with van der Waals surface area (Å²) in [5.41, 5.74) is 16.6. The van der Waals surface area contributed by atoms with Gasteiger partial charge in [0.15, 0.2) is 23.0 Å². The Morgan fingerprint density at radius 3 is 1.86 bits per heavy atom. The second kappa shape index (κ2) is 12.2. The molecule has 0 atom stereocenters. The average Bonchev–Trinajstić information content (AvgIpc) is 3.92. The topological polar surface area (TPSA) is 34.8 Å². The Bertz CT molecular complexity index is 3250. The summed E-state index contributed by atoms with van der Waals surface area (Å²) in [5, 5.41) is 2.25. The fourth-order valence-corrected chi connectivity index (χ4v) is 10.3. The van der Waals surface area contributed by atoms with Crippen molar-refractivity contribution in [2.45, 2.75) is 18.3 Å². The molecule has 0 bridgehead atoms. The number of hydrogen-bond donors (Lipinski definition) is 0. The van der Waals surface area contributed by atoms with E-state index in [4.69, 9.17) is 13.9 Å². The smallest absolute Gasteiger partial charge is 0.194 e. The molecule has 13 rings (SSSR count).